The van der Waals surface area contributed by atoms with Crippen LogP contribution in [0.2, 0.25) is 0 Å². The summed E-state index contributed by atoms with van der Waals surface area (Å²) in [6.45, 7) is 3.77. The van der Waals surface area contributed by atoms with Gasteiger partial charge in [-0.1, -0.05) is 0 Å². The van der Waals surface area contributed by atoms with Gasteiger partial charge in [-0.15, -0.1) is 0 Å². The standard InChI is InChI=1S/C25H32N4O6/c1-17-26-15-22(35-17)19-8-7-18(14-21(19)33-2)27-11-9-23(30)28(13-12-27)16-24(31)29-10-5-4-6-20(29)25(32)34-3/h7-8,14-15,20H,4-6,9-13,16H2,1-3H3. The average Bonchev–Trinajstić information content (AvgIpc) is 3.23. The SMILES string of the molecule is COC(=O)C1CCCCN1C(=O)CN1CCN(c2ccc(-c3cnc(C)o3)c(OC)c2)CCC1=O. The topological polar surface area (TPSA) is 105 Å². The Bertz CT molecular complexity index is 1080. The summed E-state index contributed by atoms with van der Waals surface area (Å²) in [7, 11) is 2.94. The molecule has 10 heteroatoms. The lowest BCUT2D eigenvalue weighted by Gasteiger charge is -2.35. The van der Waals surface area contributed by atoms with Gasteiger partial charge in [-0.05, 0) is 31.4 Å². The first-order valence-electron chi connectivity index (χ1n) is 11.9. The molecule has 0 N–H and O–H groups in total. The molecule has 0 radical (unpaired) electrons. The number of carbonyl (C=O) groups excluding carboxylic acids is 3. The number of hydrogen-bond donors (Lipinski definition) is 0. The second kappa shape index (κ2) is 10.8. The fraction of sp³-hybridized carbons (Fsp3) is 0.520. The lowest BCUT2D eigenvalue weighted by Crippen LogP contribution is -2.52. The van der Waals surface area contributed by atoms with Crippen molar-refractivity contribution in [1.82, 2.24) is 14.8 Å². The number of ether oxygens (including phenoxy) is 2. The minimum Gasteiger partial charge on any atom is -0.496 e. The van der Waals surface area contributed by atoms with Gasteiger partial charge in [-0.2, -0.15) is 0 Å². The third kappa shape index (κ3) is 5.41. The summed E-state index contributed by atoms with van der Waals surface area (Å²) in [5.74, 6) is 1.17. The molecule has 2 aliphatic heterocycles. The number of methoxy groups -OCH3 is 2. The van der Waals surface area contributed by atoms with Gasteiger partial charge >= 0.3 is 5.97 Å². The number of esters is 1. The van der Waals surface area contributed by atoms with Crippen molar-refractivity contribution in [3.05, 3.63) is 30.3 Å². The summed E-state index contributed by atoms with van der Waals surface area (Å²) in [4.78, 5) is 47.4. The average molecular weight is 485 g/mol. The zero-order chi connectivity index (χ0) is 24.9. The van der Waals surface area contributed by atoms with Crippen LogP contribution in [0.3, 0.4) is 0 Å². The van der Waals surface area contributed by atoms with E-state index in [1.807, 2.05) is 18.2 Å². The number of aryl methyl sites for hydroxylation is 1. The predicted molar refractivity (Wildman–Crippen MR) is 128 cm³/mol. The quantitative estimate of drug-likeness (QED) is 0.575. The molecule has 4 rings (SSSR count). The number of amides is 2. The van der Waals surface area contributed by atoms with Gasteiger partial charge in [0, 0.05) is 51.3 Å². The summed E-state index contributed by atoms with van der Waals surface area (Å²) in [5, 5.41) is 0. The highest BCUT2D eigenvalue weighted by molar-refractivity contribution is 5.89. The van der Waals surface area contributed by atoms with Gasteiger partial charge in [0.25, 0.3) is 0 Å². The maximum atomic E-state index is 13.0. The van der Waals surface area contributed by atoms with E-state index < -0.39 is 12.0 Å². The van der Waals surface area contributed by atoms with E-state index in [2.05, 4.69) is 9.88 Å². The maximum Gasteiger partial charge on any atom is 0.328 e. The van der Waals surface area contributed by atoms with Crippen LogP contribution in [0.4, 0.5) is 5.69 Å². The monoisotopic (exact) mass is 484 g/mol. The van der Waals surface area contributed by atoms with E-state index >= 15 is 0 Å². The first-order chi connectivity index (χ1) is 16.9. The van der Waals surface area contributed by atoms with Crippen molar-refractivity contribution >= 4 is 23.5 Å². The summed E-state index contributed by atoms with van der Waals surface area (Å²) in [6.07, 6.45) is 4.26. The zero-order valence-corrected chi connectivity index (χ0v) is 20.5. The minimum absolute atomic E-state index is 0.0345. The van der Waals surface area contributed by atoms with Gasteiger partial charge < -0.3 is 28.6 Å². The Balaban J connectivity index is 1.44. The van der Waals surface area contributed by atoms with Gasteiger partial charge in [0.15, 0.2) is 11.7 Å². The lowest BCUT2D eigenvalue weighted by atomic mass is 10.0. The number of benzene rings is 1. The number of piperidine rings is 1. The number of anilines is 1. The molecule has 1 atom stereocenters. The van der Waals surface area contributed by atoms with Gasteiger partial charge in [0.05, 0.1) is 32.5 Å². The second-order valence-electron chi connectivity index (χ2n) is 8.80. The molecular weight excluding hydrogens is 452 g/mol. The van der Waals surface area contributed by atoms with Gasteiger partial charge in [0.1, 0.15) is 11.8 Å². The summed E-state index contributed by atoms with van der Waals surface area (Å²) in [5.41, 5.74) is 1.72. The van der Waals surface area contributed by atoms with Crippen LogP contribution in [0.1, 0.15) is 31.6 Å². The van der Waals surface area contributed by atoms with Crippen LogP contribution < -0.4 is 9.64 Å². The zero-order valence-electron chi connectivity index (χ0n) is 20.5. The maximum absolute atomic E-state index is 13.0. The van der Waals surface area contributed by atoms with Gasteiger partial charge in [-0.3, -0.25) is 9.59 Å². The highest BCUT2D eigenvalue weighted by Crippen LogP contribution is 2.34. The lowest BCUT2D eigenvalue weighted by molar-refractivity contribution is -0.155. The molecular formula is C25H32N4O6. The molecule has 0 bridgehead atoms. The third-order valence-corrected chi connectivity index (χ3v) is 6.65. The summed E-state index contributed by atoms with van der Waals surface area (Å²) in [6, 6.07) is 5.24. The number of nitrogens with zero attached hydrogens (tertiary/aromatic N) is 4. The molecule has 2 amide bonds. The molecule has 0 aliphatic carbocycles. The first kappa shape index (κ1) is 24.6. The van der Waals surface area contributed by atoms with E-state index in [0.29, 0.717) is 56.4 Å². The number of carbonyl (C=O) groups is 3. The number of rotatable bonds is 6. The van der Waals surface area contributed by atoms with Crippen LogP contribution >= 0.6 is 0 Å². The molecule has 35 heavy (non-hydrogen) atoms. The molecule has 2 aromatic rings. The largest absolute Gasteiger partial charge is 0.496 e. The van der Waals surface area contributed by atoms with E-state index in [-0.39, 0.29) is 18.4 Å². The van der Waals surface area contributed by atoms with E-state index in [0.717, 1.165) is 24.1 Å². The van der Waals surface area contributed by atoms with Gasteiger partial charge in [0.2, 0.25) is 11.8 Å². The molecule has 2 saturated heterocycles. The van der Waals surface area contributed by atoms with E-state index in [4.69, 9.17) is 13.9 Å². The Labute approximate surface area is 204 Å². The van der Waals surface area contributed by atoms with E-state index in [1.54, 1.807) is 30.0 Å². The second-order valence-corrected chi connectivity index (χ2v) is 8.80. The van der Waals surface area contributed by atoms with Gasteiger partial charge in [-0.25, -0.2) is 9.78 Å². The Kier molecular flexibility index (Phi) is 7.57. The Morgan fingerprint density at radius 1 is 1.14 bits per heavy atom. The van der Waals surface area contributed by atoms with Crippen molar-refractivity contribution in [1.29, 1.82) is 0 Å². The Hall–Kier alpha value is -3.56. The van der Waals surface area contributed by atoms with Crippen LogP contribution in [-0.2, 0) is 19.1 Å². The van der Waals surface area contributed by atoms with Crippen LogP contribution in [0, 0.1) is 6.92 Å². The van der Waals surface area contributed by atoms with Crippen LogP contribution in [0.15, 0.2) is 28.8 Å². The van der Waals surface area contributed by atoms with Crippen LogP contribution in [0.25, 0.3) is 11.3 Å². The molecule has 1 aromatic carbocycles. The van der Waals surface area contributed by atoms with Crippen LogP contribution in [-0.4, -0.2) is 85.6 Å². The van der Waals surface area contributed by atoms with Crippen molar-refractivity contribution in [3.63, 3.8) is 0 Å². The molecule has 10 nitrogen and oxygen atoms in total. The highest BCUT2D eigenvalue weighted by Gasteiger charge is 2.34. The number of oxazole rings is 1. The molecule has 1 aromatic heterocycles. The van der Waals surface area contributed by atoms with E-state index in [1.165, 1.54) is 7.11 Å². The molecule has 2 aliphatic rings. The minimum atomic E-state index is -0.570. The predicted octanol–water partition coefficient (Wildman–Crippen LogP) is 2.25. The number of aromatic nitrogens is 1. The Morgan fingerprint density at radius 3 is 2.69 bits per heavy atom. The molecule has 2 fully saturated rings. The third-order valence-electron chi connectivity index (χ3n) is 6.65. The summed E-state index contributed by atoms with van der Waals surface area (Å²) >= 11 is 0. The van der Waals surface area contributed by atoms with Crippen molar-refractivity contribution in [3.8, 4) is 17.1 Å². The van der Waals surface area contributed by atoms with Crippen molar-refractivity contribution in [2.75, 3.05) is 51.8 Å². The molecule has 3 heterocycles. The fourth-order valence-electron chi connectivity index (χ4n) is 4.72. The van der Waals surface area contributed by atoms with Crippen LogP contribution in [0.5, 0.6) is 5.75 Å². The number of hydrogen-bond acceptors (Lipinski definition) is 8. The van der Waals surface area contributed by atoms with Crippen molar-refractivity contribution < 1.29 is 28.3 Å². The fourth-order valence-corrected chi connectivity index (χ4v) is 4.72. The Morgan fingerprint density at radius 2 is 1.97 bits per heavy atom. The normalized spacial score (nSPS) is 18.9. The molecule has 0 saturated carbocycles. The van der Waals surface area contributed by atoms with Crippen molar-refractivity contribution in [2.24, 2.45) is 0 Å². The molecule has 1 unspecified atom stereocenters. The smallest absolute Gasteiger partial charge is 0.328 e. The molecule has 0 spiro atoms. The van der Waals surface area contributed by atoms with E-state index in [9.17, 15) is 14.4 Å². The molecule has 188 valence electrons. The first-order valence-corrected chi connectivity index (χ1v) is 11.9. The summed E-state index contributed by atoms with van der Waals surface area (Å²) < 4.78 is 16.1. The highest BCUT2D eigenvalue weighted by atomic mass is 16.5. The number of likely N-dealkylation sites (tertiary alicyclic amines) is 1. The van der Waals surface area contributed by atoms with Crippen molar-refractivity contribution in [2.45, 2.75) is 38.6 Å².